The van der Waals surface area contributed by atoms with Gasteiger partial charge < -0.3 is 0 Å². The molecular weight excluding hydrogens is 120 g/mol. The third kappa shape index (κ3) is 3.69. The van der Waals surface area contributed by atoms with Gasteiger partial charge in [-0.3, -0.25) is 0 Å². The van der Waals surface area contributed by atoms with Crippen LogP contribution in [0.1, 0.15) is 6.92 Å². The largest absolute Gasteiger partial charge is 0.0976 e. The maximum Gasteiger partial charge on any atom is 0.0402 e. The van der Waals surface area contributed by atoms with Gasteiger partial charge >= 0.3 is 0 Å². The maximum absolute atomic E-state index is 5.54. The summed E-state index contributed by atoms with van der Waals surface area (Å²) >= 11 is 5.54. The molecular formula is C7H9Cl. The zero-order valence-electron chi connectivity index (χ0n) is 4.95. The summed E-state index contributed by atoms with van der Waals surface area (Å²) in [5.74, 6) is 0. The average Bonchev–Trinajstić information content (AvgIpc) is 1.65. The fraction of sp³-hybridized carbons (Fsp3) is 0.143. The van der Waals surface area contributed by atoms with E-state index in [4.69, 9.17) is 11.6 Å². The summed E-state index contributed by atoms with van der Waals surface area (Å²) in [6, 6.07) is 0. The molecule has 0 saturated heterocycles. The molecule has 0 aromatic heterocycles. The molecule has 0 rings (SSSR count). The highest BCUT2D eigenvalue weighted by atomic mass is 35.5. The van der Waals surface area contributed by atoms with Crippen molar-refractivity contribution in [3.05, 3.63) is 35.9 Å². The van der Waals surface area contributed by atoms with Crippen molar-refractivity contribution in [1.82, 2.24) is 0 Å². The molecule has 0 aromatic carbocycles. The molecule has 0 amide bonds. The van der Waals surface area contributed by atoms with Crippen LogP contribution in [-0.2, 0) is 0 Å². The number of rotatable bonds is 2. The molecule has 8 heavy (non-hydrogen) atoms. The maximum atomic E-state index is 5.54. The van der Waals surface area contributed by atoms with Crippen LogP contribution in [-0.4, -0.2) is 0 Å². The zero-order chi connectivity index (χ0) is 6.57. The average molecular weight is 129 g/mol. The zero-order valence-corrected chi connectivity index (χ0v) is 5.70. The quantitative estimate of drug-likeness (QED) is 0.502. The molecule has 0 heterocycles. The Morgan fingerprint density at radius 2 is 2.12 bits per heavy atom. The summed E-state index contributed by atoms with van der Waals surface area (Å²) in [5.41, 5.74) is 0.940. The lowest BCUT2D eigenvalue weighted by atomic mass is 10.3. The number of hydrogen-bond donors (Lipinski definition) is 0. The van der Waals surface area contributed by atoms with Crippen molar-refractivity contribution in [2.75, 3.05) is 0 Å². The standard InChI is InChI=1S/C7H9Cl/c1-4-7(8)5-6(2)3/h4-5H,1-2H2,3H3/b7-5+. The van der Waals surface area contributed by atoms with Gasteiger partial charge in [-0.1, -0.05) is 36.4 Å². The molecule has 0 nitrogen and oxygen atoms in total. The minimum absolute atomic E-state index is 0.637. The van der Waals surface area contributed by atoms with Crippen LogP contribution in [0.2, 0.25) is 0 Å². The van der Waals surface area contributed by atoms with E-state index in [1.807, 2.05) is 6.92 Å². The van der Waals surface area contributed by atoms with E-state index in [1.165, 1.54) is 0 Å². The first-order valence-electron chi connectivity index (χ1n) is 2.32. The van der Waals surface area contributed by atoms with Crippen molar-refractivity contribution < 1.29 is 0 Å². The first kappa shape index (κ1) is 7.51. The van der Waals surface area contributed by atoms with E-state index in [1.54, 1.807) is 12.2 Å². The van der Waals surface area contributed by atoms with Crippen molar-refractivity contribution in [3.63, 3.8) is 0 Å². The highest BCUT2D eigenvalue weighted by Gasteiger charge is 1.79. The Bertz CT molecular complexity index is 131. The minimum atomic E-state index is 0.637. The Kier molecular flexibility index (Phi) is 3.29. The lowest BCUT2D eigenvalue weighted by Gasteiger charge is -1.85. The van der Waals surface area contributed by atoms with E-state index in [0.717, 1.165) is 5.57 Å². The van der Waals surface area contributed by atoms with Crippen LogP contribution in [0.4, 0.5) is 0 Å². The van der Waals surface area contributed by atoms with Gasteiger partial charge in [0.1, 0.15) is 0 Å². The van der Waals surface area contributed by atoms with Gasteiger partial charge in [0.25, 0.3) is 0 Å². The lowest BCUT2D eigenvalue weighted by Crippen LogP contribution is -1.63. The second kappa shape index (κ2) is 3.50. The predicted molar refractivity (Wildman–Crippen MR) is 38.9 cm³/mol. The smallest absolute Gasteiger partial charge is 0.0402 e. The summed E-state index contributed by atoms with van der Waals surface area (Å²) in [6.07, 6.45) is 3.34. The fourth-order valence-corrected chi connectivity index (χ4v) is 0.481. The summed E-state index contributed by atoms with van der Waals surface area (Å²) in [4.78, 5) is 0. The summed E-state index contributed by atoms with van der Waals surface area (Å²) in [6.45, 7) is 8.99. The second-order valence-electron chi connectivity index (χ2n) is 1.58. The van der Waals surface area contributed by atoms with E-state index < -0.39 is 0 Å². The SMILES string of the molecule is C=C/C(Cl)=C\C(=C)C. The van der Waals surface area contributed by atoms with Crippen LogP contribution in [0.15, 0.2) is 35.9 Å². The van der Waals surface area contributed by atoms with Crippen LogP contribution < -0.4 is 0 Å². The number of allylic oxidation sites excluding steroid dienone is 4. The van der Waals surface area contributed by atoms with E-state index >= 15 is 0 Å². The van der Waals surface area contributed by atoms with E-state index in [0.29, 0.717) is 5.03 Å². The molecule has 0 saturated carbocycles. The van der Waals surface area contributed by atoms with Crippen molar-refractivity contribution in [3.8, 4) is 0 Å². The number of hydrogen-bond acceptors (Lipinski definition) is 0. The Hall–Kier alpha value is -0.490. The van der Waals surface area contributed by atoms with Gasteiger partial charge in [0.15, 0.2) is 0 Å². The molecule has 0 spiro atoms. The topological polar surface area (TPSA) is 0 Å². The van der Waals surface area contributed by atoms with Crippen molar-refractivity contribution in [2.24, 2.45) is 0 Å². The summed E-state index contributed by atoms with van der Waals surface area (Å²) in [7, 11) is 0. The molecule has 0 unspecified atom stereocenters. The van der Waals surface area contributed by atoms with Gasteiger partial charge in [-0.15, -0.1) is 0 Å². The van der Waals surface area contributed by atoms with Crippen molar-refractivity contribution >= 4 is 11.6 Å². The van der Waals surface area contributed by atoms with Gasteiger partial charge in [0, 0.05) is 5.03 Å². The predicted octanol–water partition coefficient (Wildman–Crippen LogP) is 2.87. The van der Waals surface area contributed by atoms with Crippen LogP contribution in [0.5, 0.6) is 0 Å². The van der Waals surface area contributed by atoms with Crippen LogP contribution in [0.3, 0.4) is 0 Å². The first-order chi connectivity index (χ1) is 3.66. The Morgan fingerprint density at radius 1 is 1.62 bits per heavy atom. The lowest BCUT2D eigenvalue weighted by molar-refractivity contribution is 1.55. The van der Waals surface area contributed by atoms with Gasteiger partial charge in [-0.05, 0) is 13.0 Å². The van der Waals surface area contributed by atoms with Gasteiger partial charge in [-0.2, -0.15) is 0 Å². The Labute approximate surface area is 55.2 Å². The number of halogens is 1. The molecule has 0 N–H and O–H groups in total. The van der Waals surface area contributed by atoms with E-state index in [2.05, 4.69) is 13.2 Å². The summed E-state index contributed by atoms with van der Waals surface area (Å²) in [5, 5.41) is 0.637. The molecule has 0 radical (unpaired) electrons. The van der Waals surface area contributed by atoms with Crippen LogP contribution >= 0.6 is 11.6 Å². The van der Waals surface area contributed by atoms with Gasteiger partial charge in [-0.25, -0.2) is 0 Å². The summed E-state index contributed by atoms with van der Waals surface area (Å²) < 4.78 is 0. The minimum Gasteiger partial charge on any atom is -0.0976 e. The van der Waals surface area contributed by atoms with Crippen molar-refractivity contribution in [2.45, 2.75) is 6.92 Å². The van der Waals surface area contributed by atoms with E-state index in [9.17, 15) is 0 Å². The third-order valence-electron chi connectivity index (χ3n) is 0.579. The molecule has 0 atom stereocenters. The normalized spacial score (nSPS) is 11.0. The molecule has 0 aliphatic rings. The molecule has 44 valence electrons. The van der Waals surface area contributed by atoms with Gasteiger partial charge in [0.05, 0.1) is 0 Å². The third-order valence-corrected chi connectivity index (χ3v) is 0.843. The van der Waals surface area contributed by atoms with Crippen LogP contribution in [0, 0.1) is 0 Å². The first-order valence-corrected chi connectivity index (χ1v) is 2.69. The van der Waals surface area contributed by atoms with Gasteiger partial charge in [0.2, 0.25) is 0 Å². The highest BCUT2D eigenvalue weighted by Crippen LogP contribution is 2.04. The Balaban J connectivity index is 3.94. The van der Waals surface area contributed by atoms with E-state index in [-0.39, 0.29) is 0 Å². The Morgan fingerprint density at radius 3 is 2.25 bits per heavy atom. The van der Waals surface area contributed by atoms with Crippen LogP contribution in [0.25, 0.3) is 0 Å². The molecule has 0 aliphatic heterocycles. The van der Waals surface area contributed by atoms with Crippen molar-refractivity contribution in [1.29, 1.82) is 0 Å². The highest BCUT2D eigenvalue weighted by molar-refractivity contribution is 6.31. The monoisotopic (exact) mass is 128 g/mol. The molecule has 0 fully saturated rings. The molecule has 0 aliphatic carbocycles. The molecule has 0 aromatic rings. The fourth-order valence-electron chi connectivity index (χ4n) is 0.294. The second-order valence-corrected chi connectivity index (χ2v) is 2.02. The molecule has 1 heteroatoms. The molecule has 0 bridgehead atoms.